The van der Waals surface area contributed by atoms with Crippen LogP contribution in [-0.2, 0) is 4.74 Å². The van der Waals surface area contributed by atoms with Crippen molar-refractivity contribution >= 4 is 0 Å². The molecule has 0 saturated carbocycles. The molecule has 0 aromatic heterocycles. The molecule has 1 heterocycles. The first-order chi connectivity index (χ1) is 5.51. The predicted octanol–water partition coefficient (Wildman–Crippen LogP) is -3.22. The van der Waals surface area contributed by atoms with Gasteiger partial charge in [0.1, 0.15) is 18.3 Å². The lowest BCUT2D eigenvalue weighted by Gasteiger charge is -2.40. The second-order valence-electron chi connectivity index (χ2n) is 2.82. The van der Waals surface area contributed by atoms with E-state index in [-0.39, 0.29) is 6.61 Å². The Morgan fingerprint density at radius 1 is 1.33 bits per heavy atom. The highest BCUT2D eigenvalue weighted by Crippen LogP contribution is 2.22. The molecule has 0 radical (unpaired) electrons. The summed E-state index contributed by atoms with van der Waals surface area (Å²) in [6, 6.07) is 0. The summed E-state index contributed by atoms with van der Waals surface area (Å²) in [7, 11) is 0. The molecule has 1 rings (SSSR count). The third-order valence-corrected chi connectivity index (χ3v) is 1.91. The van der Waals surface area contributed by atoms with E-state index in [0.717, 1.165) is 0 Å². The molecule has 4 atom stereocenters. The fourth-order valence-electron chi connectivity index (χ4n) is 1.03. The monoisotopic (exact) mass is 180 g/mol. The quantitative estimate of drug-likeness (QED) is 0.290. The smallest absolute Gasteiger partial charge is 0.218 e. The molecule has 2 unspecified atom stereocenters. The van der Waals surface area contributed by atoms with Crippen molar-refractivity contribution in [2.24, 2.45) is 0 Å². The normalized spacial score (nSPS) is 49.2. The van der Waals surface area contributed by atoms with Gasteiger partial charge in [0, 0.05) is 0 Å². The number of hydrogen-bond acceptors (Lipinski definition) is 6. The van der Waals surface area contributed by atoms with Crippen LogP contribution in [0.3, 0.4) is 0 Å². The third-order valence-electron chi connectivity index (χ3n) is 1.91. The maximum atomic E-state index is 9.24. The molecular weight excluding hydrogens is 168 g/mol. The highest BCUT2D eigenvalue weighted by atomic mass is 16.7. The molecule has 0 aromatic carbocycles. The van der Waals surface area contributed by atoms with Gasteiger partial charge >= 0.3 is 0 Å². The van der Waals surface area contributed by atoms with Crippen LogP contribution in [0.25, 0.3) is 0 Å². The van der Waals surface area contributed by atoms with Gasteiger partial charge in [-0.15, -0.1) is 0 Å². The zero-order chi connectivity index (χ0) is 9.35. The molecule has 12 heavy (non-hydrogen) atoms. The lowest BCUT2D eigenvalue weighted by molar-refractivity contribution is -0.331. The Kier molecular flexibility index (Phi) is 2.67. The molecule has 72 valence electrons. The summed E-state index contributed by atoms with van der Waals surface area (Å²) >= 11 is 0. The minimum absolute atomic E-state index is 0.324. The number of aliphatic hydroxyl groups is 5. The molecule has 6 nitrogen and oxygen atoms in total. The van der Waals surface area contributed by atoms with E-state index in [4.69, 9.17) is 20.4 Å². The lowest BCUT2D eigenvalue weighted by atomic mass is 9.98. The molecular formula is C6H12O6. The van der Waals surface area contributed by atoms with Gasteiger partial charge in [0.15, 0.2) is 0 Å². The highest BCUT2D eigenvalue weighted by Gasteiger charge is 2.47. The molecule has 0 aliphatic carbocycles. The Hall–Kier alpha value is -0.240. The van der Waals surface area contributed by atoms with Gasteiger partial charge in [0.25, 0.3) is 0 Å². The van der Waals surface area contributed by atoms with Crippen molar-refractivity contribution in [1.29, 1.82) is 0 Å². The van der Waals surface area contributed by atoms with E-state index in [0.29, 0.717) is 0 Å². The summed E-state index contributed by atoms with van der Waals surface area (Å²) in [6.07, 6.45) is -4.45. The number of aliphatic hydroxyl groups excluding tert-OH is 4. The SMILES string of the molecule is OCC1(O)OC[C@H](O)[C@@H](O)C1O. The van der Waals surface area contributed by atoms with Crippen molar-refractivity contribution in [2.45, 2.75) is 24.1 Å². The summed E-state index contributed by atoms with van der Waals surface area (Å²) < 4.78 is 4.56. The van der Waals surface area contributed by atoms with Crippen molar-refractivity contribution in [3.05, 3.63) is 0 Å². The number of hydrogen-bond donors (Lipinski definition) is 5. The van der Waals surface area contributed by atoms with Gasteiger partial charge in [0.05, 0.1) is 13.2 Å². The largest absolute Gasteiger partial charge is 0.391 e. The standard InChI is InChI=1S/C6H12O6/c7-2-6(11)5(10)4(9)3(8)1-12-6/h3-5,7-11H,1-2H2/t3-,4+,5?,6?/m0/s1. The van der Waals surface area contributed by atoms with Crippen LogP contribution in [0.5, 0.6) is 0 Å². The van der Waals surface area contributed by atoms with Crippen LogP contribution in [0.15, 0.2) is 0 Å². The summed E-state index contributed by atoms with van der Waals surface area (Å²) in [6.45, 7) is -1.16. The van der Waals surface area contributed by atoms with E-state index in [1.54, 1.807) is 0 Å². The first-order valence-electron chi connectivity index (χ1n) is 3.52. The molecule has 0 amide bonds. The summed E-state index contributed by atoms with van der Waals surface area (Å²) in [5.74, 6) is -2.17. The van der Waals surface area contributed by atoms with Gasteiger partial charge in [-0.1, -0.05) is 0 Å². The van der Waals surface area contributed by atoms with E-state index >= 15 is 0 Å². The van der Waals surface area contributed by atoms with Crippen molar-refractivity contribution < 1.29 is 30.3 Å². The molecule has 0 spiro atoms. The molecule has 0 bridgehead atoms. The summed E-state index contributed by atoms with van der Waals surface area (Å²) in [4.78, 5) is 0. The first kappa shape index (κ1) is 9.85. The van der Waals surface area contributed by atoms with Crippen LogP contribution in [0.2, 0.25) is 0 Å². The Morgan fingerprint density at radius 3 is 2.42 bits per heavy atom. The van der Waals surface area contributed by atoms with E-state index in [9.17, 15) is 5.11 Å². The highest BCUT2D eigenvalue weighted by molar-refractivity contribution is 4.90. The van der Waals surface area contributed by atoms with Crippen molar-refractivity contribution in [2.75, 3.05) is 13.2 Å². The average molecular weight is 180 g/mol. The Balaban J connectivity index is 2.71. The van der Waals surface area contributed by atoms with Crippen LogP contribution in [0.1, 0.15) is 0 Å². The minimum atomic E-state index is -2.17. The van der Waals surface area contributed by atoms with Crippen LogP contribution in [0, 0.1) is 0 Å². The first-order valence-corrected chi connectivity index (χ1v) is 3.52. The molecule has 5 N–H and O–H groups in total. The Bertz CT molecular complexity index is 162. The van der Waals surface area contributed by atoms with Gasteiger partial charge in [-0.05, 0) is 0 Å². The van der Waals surface area contributed by atoms with Gasteiger partial charge < -0.3 is 30.3 Å². The lowest BCUT2D eigenvalue weighted by Crippen LogP contribution is -2.62. The molecule has 1 aliphatic rings. The topological polar surface area (TPSA) is 110 Å². The van der Waals surface area contributed by atoms with Crippen LogP contribution in [0.4, 0.5) is 0 Å². The molecule has 1 aliphatic heterocycles. The predicted molar refractivity (Wildman–Crippen MR) is 36.0 cm³/mol. The second kappa shape index (κ2) is 3.25. The second-order valence-corrected chi connectivity index (χ2v) is 2.82. The fraction of sp³-hybridized carbons (Fsp3) is 1.00. The molecule has 1 fully saturated rings. The van der Waals surface area contributed by atoms with E-state index in [2.05, 4.69) is 4.74 Å². The maximum Gasteiger partial charge on any atom is 0.218 e. The summed E-state index contributed by atoms with van der Waals surface area (Å²) in [5.41, 5.74) is 0. The third kappa shape index (κ3) is 1.45. The molecule has 6 heteroatoms. The molecule has 1 saturated heterocycles. The zero-order valence-corrected chi connectivity index (χ0v) is 6.29. The van der Waals surface area contributed by atoms with Crippen molar-refractivity contribution in [3.8, 4) is 0 Å². The van der Waals surface area contributed by atoms with Gasteiger partial charge in [0.2, 0.25) is 5.79 Å². The molecule has 0 aromatic rings. The van der Waals surface area contributed by atoms with E-state index < -0.39 is 30.7 Å². The Morgan fingerprint density at radius 2 is 1.92 bits per heavy atom. The summed E-state index contributed by atoms with van der Waals surface area (Å²) in [5, 5.41) is 45.0. The average Bonchev–Trinajstić information content (AvgIpc) is 2.09. The zero-order valence-electron chi connectivity index (χ0n) is 6.29. The van der Waals surface area contributed by atoms with Crippen LogP contribution in [-0.4, -0.2) is 62.8 Å². The Labute approximate surface area is 68.6 Å². The fourth-order valence-corrected chi connectivity index (χ4v) is 1.03. The van der Waals surface area contributed by atoms with E-state index in [1.165, 1.54) is 0 Å². The minimum Gasteiger partial charge on any atom is -0.391 e. The number of rotatable bonds is 1. The number of ether oxygens (including phenoxy) is 1. The van der Waals surface area contributed by atoms with Crippen molar-refractivity contribution in [1.82, 2.24) is 0 Å². The maximum absolute atomic E-state index is 9.24. The van der Waals surface area contributed by atoms with E-state index in [1.807, 2.05) is 0 Å². The van der Waals surface area contributed by atoms with Crippen LogP contribution >= 0.6 is 0 Å². The van der Waals surface area contributed by atoms with Gasteiger partial charge in [-0.25, -0.2) is 0 Å². The van der Waals surface area contributed by atoms with Gasteiger partial charge in [-0.2, -0.15) is 0 Å². The van der Waals surface area contributed by atoms with Crippen LogP contribution < -0.4 is 0 Å². The van der Waals surface area contributed by atoms with Gasteiger partial charge in [-0.3, -0.25) is 0 Å². The van der Waals surface area contributed by atoms with Crippen molar-refractivity contribution in [3.63, 3.8) is 0 Å².